The Balaban J connectivity index is 2.36. The number of halogens is 1. The smallest absolute Gasteiger partial charge is 0.165 e. The highest BCUT2D eigenvalue weighted by molar-refractivity contribution is 6.31. The fourth-order valence-corrected chi connectivity index (χ4v) is 2.43. The molecule has 0 amide bonds. The molecule has 0 spiro atoms. The summed E-state index contributed by atoms with van der Waals surface area (Å²) >= 11 is 6.16. The predicted octanol–water partition coefficient (Wildman–Crippen LogP) is 2.50. The quantitative estimate of drug-likeness (QED) is 0.634. The van der Waals surface area contributed by atoms with E-state index in [0.717, 1.165) is 11.1 Å². The van der Waals surface area contributed by atoms with E-state index in [-0.39, 0.29) is 6.04 Å². The Kier molecular flexibility index (Phi) is 5.38. The molecule has 0 aliphatic rings. The zero-order chi connectivity index (χ0) is 15.2. The van der Waals surface area contributed by atoms with Crippen molar-refractivity contribution in [3.05, 3.63) is 52.8 Å². The van der Waals surface area contributed by atoms with E-state index >= 15 is 0 Å². The molecule has 0 saturated heterocycles. The third-order valence-electron chi connectivity index (χ3n) is 3.29. The topological polar surface area (TPSA) is 69.4 Å². The van der Waals surface area contributed by atoms with Gasteiger partial charge in [0.15, 0.2) is 11.5 Å². The van der Waals surface area contributed by atoms with Gasteiger partial charge in [0.1, 0.15) is 0 Å². The highest BCUT2D eigenvalue weighted by Gasteiger charge is 2.19. The van der Waals surface area contributed by atoms with Crippen molar-refractivity contribution in [2.24, 2.45) is 5.84 Å². The van der Waals surface area contributed by atoms with Crippen LogP contribution < -0.4 is 20.7 Å². The van der Waals surface area contributed by atoms with Crippen LogP contribution in [-0.2, 0) is 6.42 Å². The average Bonchev–Trinajstić information content (AvgIpc) is 2.53. The van der Waals surface area contributed by atoms with E-state index in [9.17, 15) is 0 Å². The Hall–Kier alpha value is -1.82. The molecule has 5 nitrogen and oxygen atoms in total. The van der Waals surface area contributed by atoms with Crippen molar-refractivity contribution < 1.29 is 9.47 Å². The first-order valence-corrected chi connectivity index (χ1v) is 6.84. The normalized spacial score (nSPS) is 12.0. The third kappa shape index (κ3) is 3.44. The first-order chi connectivity index (χ1) is 10.2. The predicted molar refractivity (Wildman–Crippen MR) is 82.6 cm³/mol. The standard InChI is InChI=1S/C15H18ClN3O2/c1-20-14-5-3-4-11(15(14)21-2)13(19-17)8-10-6-7-18-9-12(10)16/h3-7,9,13,19H,8,17H2,1-2H3. The summed E-state index contributed by atoms with van der Waals surface area (Å²) < 4.78 is 10.8. The Bertz CT molecular complexity index is 607. The first kappa shape index (κ1) is 15.6. The van der Waals surface area contributed by atoms with Crippen LogP contribution in [0.15, 0.2) is 36.7 Å². The lowest BCUT2D eigenvalue weighted by atomic mass is 9.98. The first-order valence-electron chi connectivity index (χ1n) is 6.46. The highest BCUT2D eigenvalue weighted by atomic mass is 35.5. The largest absolute Gasteiger partial charge is 0.493 e. The molecule has 2 aromatic rings. The van der Waals surface area contributed by atoms with Crippen LogP contribution in [-0.4, -0.2) is 19.2 Å². The van der Waals surface area contributed by atoms with Gasteiger partial charge in [-0.2, -0.15) is 0 Å². The number of para-hydroxylation sites is 1. The molecule has 0 bridgehead atoms. The summed E-state index contributed by atoms with van der Waals surface area (Å²) in [5.41, 5.74) is 4.67. The number of ether oxygens (including phenoxy) is 2. The Morgan fingerprint density at radius 3 is 2.71 bits per heavy atom. The van der Waals surface area contributed by atoms with E-state index in [1.54, 1.807) is 26.6 Å². The number of pyridine rings is 1. The number of hydrazine groups is 1. The zero-order valence-corrected chi connectivity index (χ0v) is 12.7. The average molecular weight is 308 g/mol. The summed E-state index contributed by atoms with van der Waals surface area (Å²) in [7, 11) is 3.21. The van der Waals surface area contributed by atoms with Gasteiger partial charge in [0.2, 0.25) is 0 Å². The summed E-state index contributed by atoms with van der Waals surface area (Å²) in [5, 5.41) is 0.611. The zero-order valence-electron chi connectivity index (χ0n) is 12.0. The molecule has 3 N–H and O–H groups in total. The van der Waals surface area contributed by atoms with E-state index in [0.29, 0.717) is 22.9 Å². The van der Waals surface area contributed by atoms with Crippen LogP contribution in [0.2, 0.25) is 5.02 Å². The second-order valence-corrected chi connectivity index (χ2v) is 4.88. The number of aromatic nitrogens is 1. The molecule has 2 rings (SSSR count). The molecule has 1 aromatic heterocycles. The molecule has 0 radical (unpaired) electrons. The van der Waals surface area contributed by atoms with Gasteiger partial charge in [-0.15, -0.1) is 0 Å². The molecule has 0 aliphatic heterocycles. The molecule has 0 fully saturated rings. The SMILES string of the molecule is COc1cccc(C(Cc2ccncc2Cl)NN)c1OC. The van der Waals surface area contributed by atoms with Crippen LogP contribution in [0.25, 0.3) is 0 Å². The van der Waals surface area contributed by atoms with Crippen LogP contribution in [0.5, 0.6) is 11.5 Å². The van der Waals surface area contributed by atoms with Gasteiger partial charge in [-0.05, 0) is 24.1 Å². The molecule has 1 heterocycles. The van der Waals surface area contributed by atoms with Crippen molar-refractivity contribution in [2.75, 3.05) is 14.2 Å². The van der Waals surface area contributed by atoms with Gasteiger partial charge in [0.25, 0.3) is 0 Å². The van der Waals surface area contributed by atoms with Crippen LogP contribution in [0.1, 0.15) is 17.2 Å². The maximum atomic E-state index is 6.16. The molecule has 1 atom stereocenters. The van der Waals surface area contributed by atoms with Gasteiger partial charge in [-0.3, -0.25) is 16.3 Å². The number of nitrogens with one attached hydrogen (secondary N) is 1. The summed E-state index contributed by atoms with van der Waals surface area (Å²) in [6, 6.07) is 7.40. The highest BCUT2D eigenvalue weighted by Crippen LogP contribution is 2.36. The molecule has 0 saturated carbocycles. The summed E-state index contributed by atoms with van der Waals surface area (Å²) in [6.07, 6.45) is 3.94. The molecule has 112 valence electrons. The van der Waals surface area contributed by atoms with Gasteiger partial charge in [-0.1, -0.05) is 23.7 Å². The van der Waals surface area contributed by atoms with Crippen LogP contribution in [0.4, 0.5) is 0 Å². The number of benzene rings is 1. The van der Waals surface area contributed by atoms with E-state index < -0.39 is 0 Å². The number of rotatable bonds is 6. The molecular formula is C15H18ClN3O2. The molecular weight excluding hydrogens is 290 g/mol. The Morgan fingerprint density at radius 1 is 1.29 bits per heavy atom. The summed E-state index contributed by atoms with van der Waals surface area (Å²) in [5.74, 6) is 7.04. The molecule has 1 aromatic carbocycles. The van der Waals surface area contributed by atoms with E-state index in [4.69, 9.17) is 26.9 Å². The summed E-state index contributed by atoms with van der Waals surface area (Å²) in [4.78, 5) is 3.98. The van der Waals surface area contributed by atoms with Crippen molar-refractivity contribution in [3.63, 3.8) is 0 Å². The molecule has 1 unspecified atom stereocenters. The maximum Gasteiger partial charge on any atom is 0.165 e. The second kappa shape index (κ2) is 7.26. The Morgan fingerprint density at radius 2 is 2.10 bits per heavy atom. The minimum absolute atomic E-state index is 0.157. The summed E-state index contributed by atoms with van der Waals surface area (Å²) in [6.45, 7) is 0. The van der Waals surface area contributed by atoms with Crippen molar-refractivity contribution in [3.8, 4) is 11.5 Å². The Labute approximate surface area is 129 Å². The van der Waals surface area contributed by atoms with Crippen LogP contribution in [0.3, 0.4) is 0 Å². The van der Waals surface area contributed by atoms with Gasteiger partial charge >= 0.3 is 0 Å². The molecule has 21 heavy (non-hydrogen) atoms. The fraction of sp³-hybridized carbons (Fsp3) is 0.267. The number of hydrogen-bond acceptors (Lipinski definition) is 5. The van der Waals surface area contributed by atoms with Gasteiger partial charge in [0, 0.05) is 18.0 Å². The van der Waals surface area contributed by atoms with E-state index in [1.165, 1.54) is 0 Å². The van der Waals surface area contributed by atoms with Gasteiger partial charge < -0.3 is 9.47 Å². The molecule has 0 aliphatic carbocycles. The lowest BCUT2D eigenvalue weighted by Crippen LogP contribution is -2.30. The fourth-order valence-electron chi connectivity index (χ4n) is 2.23. The van der Waals surface area contributed by atoms with Crippen molar-refractivity contribution in [2.45, 2.75) is 12.5 Å². The lowest BCUT2D eigenvalue weighted by Gasteiger charge is -2.21. The van der Waals surface area contributed by atoms with E-state index in [1.807, 2.05) is 24.3 Å². The molecule has 6 heteroatoms. The van der Waals surface area contributed by atoms with Gasteiger partial charge in [0.05, 0.1) is 25.3 Å². The van der Waals surface area contributed by atoms with E-state index in [2.05, 4.69) is 10.4 Å². The van der Waals surface area contributed by atoms with Crippen molar-refractivity contribution >= 4 is 11.6 Å². The minimum Gasteiger partial charge on any atom is -0.493 e. The minimum atomic E-state index is -0.157. The monoisotopic (exact) mass is 307 g/mol. The lowest BCUT2D eigenvalue weighted by molar-refractivity contribution is 0.346. The van der Waals surface area contributed by atoms with Crippen molar-refractivity contribution in [1.29, 1.82) is 0 Å². The number of nitrogens with zero attached hydrogens (tertiary/aromatic N) is 1. The van der Waals surface area contributed by atoms with Crippen molar-refractivity contribution in [1.82, 2.24) is 10.4 Å². The number of nitrogens with two attached hydrogens (primary N) is 1. The van der Waals surface area contributed by atoms with Gasteiger partial charge in [-0.25, -0.2) is 0 Å². The number of methoxy groups -OCH3 is 2. The third-order valence-corrected chi connectivity index (χ3v) is 3.63. The van der Waals surface area contributed by atoms with Crippen LogP contribution >= 0.6 is 11.6 Å². The maximum absolute atomic E-state index is 6.16. The second-order valence-electron chi connectivity index (χ2n) is 4.47. The number of hydrogen-bond donors (Lipinski definition) is 2. The van der Waals surface area contributed by atoms with Crippen LogP contribution in [0, 0.1) is 0 Å².